The summed E-state index contributed by atoms with van der Waals surface area (Å²) < 4.78 is 27.3. The van der Waals surface area contributed by atoms with Crippen LogP contribution in [0, 0.1) is 20.8 Å². The molecule has 0 spiro atoms. The third-order valence-corrected chi connectivity index (χ3v) is 6.58. The first-order valence-corrected chi connectivity index (χ1v) is 9.79. The first-order chi connectivity index (χ1) is 9.84. The number of benzene rings is 1. The smallest absolute Gasteiger partial charge is 0.243 e. The topological polar surface area (TPSA) is 63.4 Å². The lowest BCUT2D eigenvalue weighted by molar-refractivity contribution is 0.447. The second kappa shape index (κ2) is 8.17. The van der Waals surface area contributed by atoms with Gasteiger partial charge < -0.3 is 5.73 Å². The minimum absolute atomic E-state index is 0.457. The summed E-state index contributed by atoms with van der Waals surface area (Å²) in [6.45, 7) is 9.23. The third kappa shape index (κ3) is 4.71. The second-order valence-electron chi connectivity index (χ2n) is 5.13. The Hall–Kier alpha value is -0.560. The number of sulfonamides is 1. The van der Waals surface area contributed by atoms with Crippen LogP contribution in [-0.4, -0.2) is 43.9 Å². The summed E-state index contributed by atoms with van der Waals surface area (Å²) in [5.74, 6) is 1.63. The molecule has 1 rings (SSSR count). The van der Waals surface area contributed by atoms with Crippen molar-refractivity contribution in [3.05, 3.63) is 28.8 Å². The molecule has 0 aliphatic rings. The number of nitrogens with zero attached hydrogens (tertiary/aromatic N) is 1. The Kier molecular flexibility index (Phi) is 7.20. The van der Waals surface area contributed by atoms with E-state index in [4.69, 9.17) is 5.73 Å². The minimum Gasteiger partial charge on any atom is -0.330 e. The summed E-state index contributed by atoms with van der Waals surface area (Å²) in [5.41, 5.74) is 8.18. The van der Waals surface area contributed by atoms with Gasteiger partial charge in [-0.1, -0.05) is 24.6 Å². The summed E-state index contributed by atoms with van der Waals surface area (Å²) in [6.07, 6.45) is 0. The summed E-state index contributed by atoms with van der Waals surface area (Å²) in [5, 5.41) is 0. The van der Waals surface area contributed by atoms with Crippen molar-refractivity contribution in [2.45, 2.75) is 32.6 Å². The quantitative estimate of drug-likeness (QED) is 0.743. The van der Waals surface area contributed by atoms with Gasteiger partial charge in [0.25, 0.3) is 0 Å². The van der Waals surface area contributed by atoms with Crippen LogP contribution in [0.1, 0.15) is 23.6 Å². The standard InChI is InChI=1S/C15H26N2O2S2/c1-5-17(7-9-20-8-6-16)21(18,19)15-13(3)10-12(2)11-14(15)4/h10-11H,5-9,16H2,1-4H3. The van der Waals surface area contributed by atoms with Gasteiger partial charge in [0, 0.05) is 31.1 Å². The zero-order chi connectivity index (χ0) is 16.0. The molecule has 0 bridgehead atoms. The van der Waals surface area contributed by atoms with E-state index in [1.54, 1.807) is 16.1 Å². The zero-order valence-corrected chi connectivity index (χ0v) is 15.0. The molecule has 0 unspecified atom stereocenters. The molecule has 0 saturated carbocycles. The van der Waals surface area contributed by atoms with E-state index in [0.29, 0.717) is 24.5 Å². The van der Waals surface area contributed by atoms with Crippen molar-refractivity contribution in [1.82, 2.24) is 4.31 Å². The molecule has 0 aliphatic carbocycles. The Balaban J connectivity index is 3.02. The molecule has 1 aromatic rings. The van der Waals surface area contributed by atoms with E-state index < -0.39 is 10.0 Å². The van der Waals surface area contributed by atoms with E-state index in [9.17, 15) is 8.42 Å². The van der Waals surface area contributed by atoms with Crippen molar-refractivity contribution >= 4 is 21.8 Å². The number of thioether (sulfide) groups is 1. The summed E-state index contributed by atoms with van der Waals surface area (Å²) in [4.78, 5) is 0.457. The van der Waals surface area contributed by atoms with Gasteiger partial charge in [0.2, 0.25) is 10.0 Å². The Morgan fingerprint density at radius 3 is 2.19 bits per heavy atom. The molecule has 0 heterocycles. The van der Waals surface area contributed by atoms with Gasteiger partial charge in [-0.25, -0.2) is 8.42 Å². The number of hydrogen-bond donors (Lipinski definition) is 1. The van der Waals surface area contributed by atoms with E-state index >= 15 is 0 Å². The third-order valence-electron chi connectivity index (χ3n) is 3.30. The summed E-state index contributed by atoms with van der Waals surface area (Å²) >= 11 is 1.69. The maximum absolute atomic E-state index is 12.9. The van der Waals surface area contributed by atoms with Gasteiger partial charge in [-0.3, -0.25) is 0 Å². The van der Waals surface area contributed by atoms with Crippen LogP contribution >= 0.6 is 11.8 Å². The molecule has 120 valence electrons. The lowest BCUT2D eigenvalue weighted by atomic mass is 10.1. The Morgan fingerprint density at radius 2 is 1.71 bits per heavy atom. The minimum atomic E-state index is -3.43. The average Bonchev–Trinajstić information content (AvgIpc) is 2.36. The predicted octanol–water partition coefficient (Wildman–Crippen LogP) is 2.31. The monoisotopic (exact) mass is 330 g/mol. The van der Waals surface area contributed by atoms with Crippen molar-refractivity contribution in [3.8, 4) is 0 Å². The fourth-order valence-corrected chi connectivity index (χ4v) is 5.20. The highest BCUT2D eigenvalue weighted by Gasteiger charge is 2.26. The Labute approximate surface area is 133 Å². The van der Waals surface area contributed by atoms with E-state index in [2.05, 4.69) is 0 Å². The fourth-order valence-electron chi connectivity index (χ4n) is 2.50. The number of rotatable bonds is 8. The van der Waals surface area contributed by atoms with E-state index in [0.717, 1.165) is 28.2 Å². The first kappa shape index (κ1) is 18.5. The molecule has 4 nitrogen and oxygen atoms in total. The van der Waals surface area contributed by atoms with Crippen LogP contribution in [0.4, 0.5) is 0 Å². The molecular weight excluding hydrogens is 304 g/mol. The molecule has 0 radical (unpaired) electrons. The van der Waals surface area contributed by atoms with Crippen molar-refractivity contribution in [2.24, 2.45) is 5.73 Å². The van der Waals surface area contributed by atoms with Gasteiger partial charge >= 0.3 is 0 Å². The summed E-state index contributed by atoms with van der Waals surface area (Å²) in [6, 6.07) is 3.85. The molecule has 2 N–H and O–H groups in total. The number of nitrogens with two attached hydrogens (primary N) is 1. The van der Waals surface area contributed by atoms with Gasteiger partial charge in [-0.2, -0.15) is 16.1 Å². The van der Waals surface area contributed by atoms with Gasteiger partial charge in [0.05, 0.1) is 4.90 Å². The van der Waals surface area contributed by atoms with Crippen LogP contribution in [0.5, 0.6) is 0 Å². The van der Waals surface area contributed by atoms with Crippen LogP contribution in [0.3, 0.4) is 0 Å². The van der Waals surface area contributed by atoms with Crippen LogP contribution in [0.15, 0.2) is 17.0 Å². The highest BCUT2D eigenvalue weighted by Crippen LogP contribution is 2.25. The maximum Gasteiger partial charge on any atom is 0.243 e. The van der Waals surface area contributed by atoms with Crippen LogP contribution in [0.25, 0.3) is 0 Å². The van der Waals surface area contributed by atoms with Crippen molar-refractivity contribution < 1.29 is 8.42 Å². The maximum atomic E-state index is 12.9. The molecule has 21 heavy (non-hydrogen) atoms. The van der Waals surface area contributed by atoms with Gasteiger partial charge in [-0.05, 0) is 31.9 Å². The van der Waals surface area contributed by atoms with Crippen molar-refractivity contribution in [2.75, 3.05) is 31.1 Å². The van der Waals surface area contributed by atoms with Crippen LogP contribution in [0.2, 0.25) is 0 Å². The van der Waals surface area contributed by atoms with Gasteiger partial charge in [-0.15, -0.1) is 0 Å². The molecule has 0 amide bonds. The van der Waals surface area contributed by atoms with E-state index in [-0.39, 0.29) is 0 Å². The summed E-state index contributed by atoms with van der Waals surface area (Å²) in [7, 11) is -3.43. The zero-order valence-electron chi connectivity index (χ0n) is 13.3. The molecule has 0 atom stereocenters. The Morgan fingerprint density at radius 1 is 1.14 bits per heavy atom. The predicted molar refractivity (Wildman–Crippen MR) is 91.5 cm³/mol. The number of hydrogen-bond acceptors (Lipinski definition) is 4. The molecule has 0 fully saturated rings. The highest BCUT2D eigenvalue weighted by molar-refractivity contribution is 7.99. The second-order valence-corrected chi connectivity index (χ2v) is 8.23. The average molecular weight is 331 g/mol. The normalized spacial score (nSPS) is 12.1. The lowest BCUT2D eigenvalue weighted by Crippen LogP contribution is -2.34. The molecule has 0 saturated heterocycles. The molecule has 1 aromatic carbocycles. The molecular formula is C15H26N2O2S2. The van der Waals surface area contributed by atoms with Crippen LogP contribution < -0.4 is 5.73 Å². The van der Waals surface area contributed by atoms with Crippen molar-refractivity contribution in [1.29, 1.82) is 0 Å². The lowest BCUT2D eigenvalue weighted by Gasteiger charge is -2.23. The van der Waals surface area contributed by atoms with Crippen LogP contribution in [-0.2, 0) is 10.0 Å². The fraction of sp³-hybridized carbons (Fsp3) is 0.600. The largest absolute Gasteiger partial charge is 0.330 e. The van der Waals surface area contributed by atoms with Gasteiger partial charge in [0.15, 0.2) is 0 Å². The molecule has 6 heteroatoms. The Bertz CT molecular complexity index is 548. The SMILES string of the molecule is CCN(CCSCCN)S(=O)(=O)c1c(C)cc(C)cc1C. The van der Waals surface area contributed by atoms with Crippen molar-refractivity contribution in [3.63, 3.8) is 0 Å². The first-order valence-electron chi connectivity index (χ1n) is 7.20. The highest BCUT2D eigenvalue weighted by atomic mass is 32.2. The van der Waals surface area contributed by atoms with E-state index in [1.165, 1.54) is 0 Å². The molecule has 0 aromatic heterocycles. The molecule has 0 aliphatic heterocycles. The van der Waals surface area contributed by atoms with E-state index in [1.807, 2.05) is 39.8 Å². The number of aryl methyl sites for hydroxylation is 3. The van der Waals surface area contributed by atoms with Gasteiger partial charge in [0.1, 0.15) is 0 Å².